The highest BCUT2D eigenvalue weighted by Crippen LogP contribution is 2.20. The van der Waals surface area contributed by atoms with Gasteiger partial charge in [-0.3, -0.25) is 10.1 Å². The molecule has 13 heavy (non-hydrogen) atoms. The summed E-state index contributed by atoms with van der Waals surface area (Å²) in [5, 5.41) is 10.6. The Morgan fingerprint density at radius 1 is 1.46 bits per heavy atom. The minimum atomic E-state index is -0.346. The summed E-state index contributed by atoms with van der Waals surface area (Å²) in [6.45, 7) is 2.05. The van der Waals surface area contributed by atoms with Crippen LogP contribution in [0.2, 0.25) is 0 Å². The average Bonchev–Trinajstić information content (AvgIpc) is 2.15. The molecule has 0 N–H and O–H groups in total. The van der Waals surface area contributed by atoms with Crippen molar-refractivity contribution in [3.05, 3.63) is 46.4 Å². The second kappa shape index (κ2) is 4.60. The van der Waals surface area contributed by atoms with Gasteiger partial charge in [0.15, 0.2) is 0 Å². The molecule has 0 aliphatic heterocycles. The number of nitro groups is 1. The molecule has 3 heteroatoms. The lowest BCUT2D eigenvalue weighted by Gasteiger charge is -1.99. The van der Waals surface area contributed by atoms with Gasteiger partial charge in [0.05, 0.1) is 4.92 Å². The van der Waals surface area contributed by atoms with Crippen molar-refractivity contribution in [1.82, 2.24) is 0 Å². The lowest BCUT2D eigenvalue weighted by molar-refractivity contribution is -0.385. The fourth-order valence-corrected chi connectivity index (χ4v) is 1.13. The summed E-state index contributed by atoms with van der Waals surface area (Å²) in [4.78, 5) is 10.2. The zero-order chi connectivity index (χ0) is 9.68. The standard InChI is InChI=1S/C10H12NO2/c1-2-3-6-9-7-4-5-8-10(9)11(12)13/h4-8H,2-3H2,1H3. The smallest absolute Gasteiger partial charge is 0.258 e. The van der Waals surface area contributed by atoms with Crippen molar-refractivity contribution in [2.75, 3.05) is 0 Å². The van der Waals surface area contributed by atoms with E-state index in [0.29, 0.717) is 5.56 Å². The number of para-hydroxylation sites is 1. The molecule has 69 valence electrons. The van der Waals surface area contributed by atoms with Crippen LogP contribution in [0.15, 0.2) is 24.3 Å². The molecule has 0 atom stereocenters. The first-order chi connectivity index (χ1) is 6.25. The third-order valence-electron chi connectivity index (χ3n) is 1.79. The Labute approximate surface area is 77.5 Å². The minimum Gasteiger partial charge on any atom is -0.258 e. The molecular weight excluding hydrogens is 166 g/mol. The maximum absolute atomic E-state index is 10.6. The number of hydrogen-bond acceptors (Lipinski definition) is 2. The SMILES string of the molecule is CCC[CH]c1ccccc1[N+](=O)[O-]. The number of unbranched alkanes of at least 4 members (excludes halogenated alkanes) is 1. The number of rotatable bonds is 4. The largest absolute Gasteiger partial charge is 0.272 e. The number of nitrogens with zero attached hydrogens (tertiary/aromatic N) is 1. The first kappa shape index (κ1) is 9.71. The molecule has 0 fully saturated rings. The molecule has 0 bridgehead atoms. The van der Waals surface area contributed by atoms with E-state index in [1.54, 1.807) is 12.1 Å². The Morgan fingerprint density at radius 3 is 2.77 bits per heavy atom. The quantitative estimate of drug-likeness (QED) is 0.525. The fraction of sp³-hybridized carbons (Fsp3) is 0.300. The zero-order valence-electron chi connectivity index (χ0n) is 7.56. The van der Waals surface area contributed by atoms with Gasteiger partial charge >= 0.3 is 0 Å². The van der Waals surface area contributed by atoms with Crippen LogP contribution in [0.25, 0.3) is 0 Å². The number of benzene rings is 1. The summed E-state index contributed by atoms with van der Waals surface area (Å²) in [6.07, 6.45) is 3.79. The van der Waals surface area contributed by atoms with E-state index in [4.69, 9.17) is 0 Å². The van der Waals surface area contributed by atoms with Gasteiger partial charge in [0.1, 0.15) is 0 Å². The van der Waals surface area contributed by atoms with Crippen LogP contribution in [0.5, 0.6) is 0 Å². The van der Waals surface area contributed by atoms with Crippen molar-refractivity contribution in [2.24, 2.45) is 0 Å². The van der Waals surface area contributed by atoms with Crippen molar-refractivity contribution in [3.8, 4) is 0 Å². The van der Waals surface area contributed by atoms with E-state index in [1.165, 1.54) is 6.07 Å². The van der Waals surface area contributed by atoms with Crippen molar-refractivity contribution < 1.29 is 4.92 Å². The topological polar surface area (TPSA) is 43.1 Å². The average molecular weight is 178 g/mol. The van der Waals surface area contributed by atoms with Crippen LogP contribution in [0, 0.1) is 16.5 Å². The van der Waals surface area contributed by atoms with Gasteiger partial charge in [-0.05, 0) is 12.8 Å². The Hall–Kier alpha value is -1.38. The zero-order valence-corrected chi connectivity index (χ0v) is 7.56. The van der Waals surface area contributed by atoms with Crippen LogP contribution in [0.1, 0.15) is 25.3 Å². The summed E-state index contributed by atoms with van der Waals surface area (Å²) < 4.78 is 0. The van der Waals surface area contributed by atoms with Gasteiger partial charge in [0.2, 0.25) is 0 Å². The van der Waals surface area contributed by atoms with Gasteiger partial charge in [0.25, 0.3) is 5.69 Å². The van der Waals surface area contributed by atoms with Gasteiger partial charge < -0.3 is 0 Å². The van der Waals surface area contributed by atoms with E-state index in [-0.39, 0.29) is 10.6 Å². The van der Waals surface area contributed by atoms with E-state index in [1.807, 2.05) is 19.4 Å². The highest BCUT2D eigenvalue weighted by atomic mass is 16.6. The van der Waals surface area contributed by atoms with Gasteiger partial charge in [0, 0.05) is 11.6 Å². The van der Waals surface area contributed by atoms with Crippen molar-refractivity contribution in [1.29, 1.82) is 0 Å². The molecule has 0 aliphatic rings. The van der Waals surface area contributed by atoms with Crippen LogP contribution >= 0.6 is 0 Å². The molecule has 1 rings (SSSR count). The third kappa shape index (κ3) is 2.54. The predicted octanol–water partition coefficient (Wildman–Crippen LogP) is 2.95. The van der Waals surface area contributed by atoms with E-state index >= 15 is 0 Å². The van der Waals surface area contributed by atoms with E-state index in [2.05, 4.69) is 0 Å². The van der Waals surface area contributed by atoms with Crippen LogP contribution in [-0.2, 0) is 0 Å². The molecular formula is C10H12NO2. The maximum Gasteiger partial charge on any atom is 0.272 e. The summed E-state index contributed by atoms with van der Waals surface area (Å²) in [5.41, 5.74) is 0.908. The molecule has 0 aromatic heterocycles. The van der Waals surface area contributed by atoms with E-state index in [0.717, 1.165) is 12.8 Å². The van der Waals surface area contributed by atoms with Crippen LogP contribution in [0.4, 0.5) is 5.69 Å². The van der Waals surface area contributed by atoms with Crippen molar-refractivity contribution in [2.45, 2.75) is 19.8 Å². The monoisotopic (exact) mass is 178 g/mol. The lowest BCUT2D eigenvalue weighted by Crippen LogP contribution is -1.93. The molecule has 0 aliphatic carbocycles. The summed E-state index contributed by atoms with van der Waals surface area (Å²) >= 11 is 0. The molecule has 1 radical (unpaired) electrons. The second-order valence-electron chi connectivity index (χ2n) is 2.81. The molecule has 0 amide bonds. The first-order valence-electron chi connectivity index (χ1n) is 4.32. The van der Waals surface area contributed by atoms with Crippen LogP contribution < -0.4 is 0 Å². The minimum absolute atomic E-state index is 0.191. The van der Waals surface area contributed by atoms with Crippen LogP contribution in [-0.4, -0.2) is 4.92 Å². The fourth-order valence-electron chi connectivity index (χ4n) is 1.13. The Morgan fingerprint density at radius 2 is 2.15 bits per heavy atom. The number of nitro benzene ring substituents is 1. The Bertz CT molecular complexity index is 297. The highest BCUT2D eigenvalue weighted by molar-refractivity contribution is 5.44. The maximum atomic E-state index is 10.6. The van der Waals surface area contributed by atoms with Gasteiger partial charge in [-0.1, -0.05) is 31.5 Å². The van der Waals surface area contributed by atoms with Crippen molar-refractivity contribution >= 4 is 5.69 Å². The van der Waals surface area contributed by atoms with Crippen LogP contribution in [0.3, 0.4) is 0 Å². The molecule has 3 nitrogen and oxygen atoms in total. The van der Waals surface area contributed by atoms with E-state index in [9.17, 15) is 10.1 Å². The normalized spacial score (nSPS) is 9.92. The summed E-state index contributed by atoms with van der Waals surface area (Å²) in [7, 11) is 0. The summed E-state index contributed by atoms with van der Waals surface area (Å²) in [5.74, 6) is 0. The van der Waals surface area contributed by atoms with Crippen molar-refractivity contribution in [3.63, 3.8) is 0 Å². The highest BCUT2D eigenvalue weighted by Gasteiger charge is 2.10. The molecule has 0 saturated heterocycles. The Balaban J connectivity index is 2.84. The summed E-state index contributed by atoms with van der Waals surface area (Å²) in [6, 6.07) is 6.80. The molecule has 1 aromatic carbocycles. The second-order valence-corrected chi connectivity index (χ2v) is 2.81. The molecule has 0 heterocycles. The molecule has 0 unspecified atom stereocenters. The van der Waals surface area contributed by atoms with Gasteiger partial charge in [-0.15, -0.1) is 0 Å². The molecule has 1 aromatic rings. The first-order valence-corrected chi connectivity index (χ1v) is 4.32. The van der Waals surface area contributed by atoms with Gasteiger partial charge in [-0.25, -0.2) is 0 Å². The predicted molar refractivity (Wildman–Crippen MR) is 51.4 cm³/mol. The lowest BCUT2D eigenvalue weighted by atomic mass is 10.1. The number of hydrogen-bond donors (Lipinski definition) is 0. The third-order valence-corrected chi connectivity index (χ3v) is 1.79. The molecule has 0 spiro atoms. The van der Waals surface area contributed by atoms with Gasteiger partial charge in [-0.2, -0.15) is 0 Å². The Kier molecular flexibility index (Phi) is 3.43. The van der Waals surface area contributed by atoms with E-state index < -0.39 is 0 Å². The molecule has 0 saturated carbocycles.